The first kappa shape index (κ1) is 14.3. The monoisotopic (exact) mass is 281 g/mol. The van der Waals surface area contributed by atoms with Crippen LogP contribution in [0.25, 0.3) is 0 Å². The minimum absolute atomic E-state index is 0.00223. The second-order valence-corrected chi connectivity index (χ2v) is 6.52. The van der Waals surface area contributed by atoms with Gasteiger partial charge in [0.1, 0.15) is 0 Å². The van der Waals surface area contributed by atoms with Crippen LogP contribution in [0.4, 0.5) is 0 Å². The van der Waals surface area contributed by atoms with E-state index < -0.39 is 0 Å². The lowest BCUT2D eigenvalue weighted by molar-refractivity contribution is -0.143. The second-order valence-electron chi connectivity index (χ2n) is 6.52. The van der Waals surface area contributed by atoms with Crippen LogP contribution in [0.15, 0.2) is 0 Å². The van der Waals surface area contributed by atoms with Gasteiger partial charge >= 0.3 is 0 Å². The number of nitrogens with zero attached hydrogens (tertiary/aromatic N) is 2. The van der Waals surface area contributed by atoms with Crippen LogP contribution in [0.1, 0.15) is 26.2 Å². The average molecular weight is 281 g/mol. The Morgan fingerprint density at radius 3 is 2.90 bits per heavy atom. The van der Waals surface area contributed by atoms with Gasteiger partial charge in [0.05, 0.1) is 19.1 Å². The van der Waals surface area contributed by atoms with E-state index in [1.807, 2.05) is 7.05 Å². The molecule has 4 unspecified atom stereocenters. The fraction of sp³-hybridized carbons (Fsp3) is 0.933. The van der Waals surface area contributed by atoms with Crippen molar-refractivity contribution in [1.29, 1.82) is 0 Å². The number of carbonyl (C=O) groups excluding carboxylic acids is 1. The van der Waals surface area contributed by atoms with E-state index in [4.69, 9.17) is 4.74 Å². The SMILES string of the molecule is CNC1COCC1C(=O)N1CC2CCCCN2CC1C. The first-order chi connectivity index (χ1) is 9.70. The highest BCUT2D eigenvalue weighted by Gasteiger charge is 2.41. The molecule has 1 amide bonds. The molecule has 1 N–H and O–H groups in total. The van der Waals surface area contributed by atoms with Gasteiger partial charge in [0.15, 0.2) is 0 Å². The fourth-order valence-electron chi connectivity index (χ4n) is 3.95. The van der Waals surface area contributed by atoms with Crippen LogP contribution in [0.2, 0.25) is 0 Å². The zero-order valence-corrected chi connectivity index (χ0v) is 12.7. The highest BCUT2D eigenvalue weighted by Crippen LogP contribution is 2.26. The first-order valence-electron chi connectivity index (χ1n) is 8.00. The summed E-state index contributed by atoms with van der Waals surface area (Å²) < 4.78 is 5.49. The van der Waals surface area contributed by atoms with E-state index in [1.54, 1.807) is 0 Å². The molecule has 3 heterocycles. The van der Waals surface area contributed by atoms with Crippen molar-refractivity contribution in [3.63, 3.8) is 0 Å². The lowest BCUT2D eigenvalue weighted by atomic mass is 9.94. The van der Waals surface area contributed by atoms with Crippen LogP contribution in [-0.4, -0.2) is 73.7 Å². The molecule has 0 saturated carbocycles. The maximum atomic E-state index is 12.8. The lowest BCUT2D eigenvalue weighted by Gasteiger charge is -2.48. The van der Waals surface area contributed by atoms with Crippen molar-refractivity contribution in [3.8, 4) is 0 Å². The van der Waals surface area contributed by atoms with Gasteiger partial charge in [0.25, 0.3) is 0 Å². The number of hydrogen-bond donors (Lipinski definition) is 1. The summed E-state index contributed by atoms with van der Waals surface area (Å²) in [4.78, 5) is 17.5. The van der Waals surface area contributed by atoms with Crippen molar-refractivity contribution in [3.05, 3.63) is 0 Å². The Bertz CT molecular complexity index is 363. The second kappa shape index (κ2) is 6.00. The molecule has 0 spiro atoms. The molecule has 5 nitrogen and oxygen atoms in total. The molecule has 0 aromatic heterocycles. The van der Waals surface area contributed by atoms with Crippen molar-refractivity contribution in [2.75, 3.05) is 39.9 Å². The zero-order valence-electron chi connectivity index (χ0n) is 12.7. The molecule has 0 aromatic rings. The number of carbonyl (C=O) groups is 1. The molecule has 0 bridgehead atoms. The van der Waals surface area contributed by atoms with Crippen LogP contribution >= 0.6 is 0 Å². The van der Waals surface area contributed by atoms with Crippen molar-refractivity contribution >= 4 is 5.91 Å². The number of fused-ring (bicyclic) bond motifs is 1. The molecule has 20 heavy (non-hydrogen) atoms. The van der Waals surface area contributed by atoms with Gasteiger partial charge in [-0.05, 0) is 33.4 Å². The molecule has 0 aliphatic carbocycles. The average Bonchev–Trinajstić information content (AvgIpc) is 2.94. The minimum Gasteiger partial charge on any atom is -0.379 e. The topological polar surface area (TPSA) is 44.8 Å². The quantitative estimate of drug-likeness (QED) is 0.791. The number of piperidine rings is 1. The summed E-state index contributed by atoms with van der Waals surface area (Å²) in [6.45, 7) is 6.57. The number of ether oxygens (including phenoxy) is 1. The minimum atomic E-state index is -0.00223. The molecule has 3 rings (SSSR count). The number of piperazine rings is 1. The summed E-state index contributed by atoms with van der Waals surface area (Å²) in [5.41, 5.74) is 0. The van der Waals surface area contributed by atoms with Crippen LogP contribution in [-0.2, 0) is 9.53 Å². The molecule has 3 saturated heterocycles. The standard InChI is InChI=1S/C15H27N3O2/c1-11-7-17-6-4-3-5-12(17)8-18(11)15(19)13-9-20-10-14(13)16-2/h11-14,16H,3-10H2,1-2H3. The van der Waals surface area contributed by atoms with Crippen molar-refractivity contribution < 1.29 is 9.53 Å². The third-order valence-electron chi connectivity index (χ3n) is 5.24. The summed E-state index contributed by atoms with van der Waals surface area (Å²) in [6, 6.07) is 1.09. The van der Waals surface area contributed by atoms with Gasteiger partial charge in [-0.15, -0.1) is 0 Å². The fourth-order valence-corrected chi connectivity index (χ4v) is 3.95. The molecule has 3 aliphatic heterocycles. The third-order valence-corrected chi connectivity index (χ3v) is 5.24. The summed E-state index contributed by atoms with van der Waals surface area (Å²) in [5, 5.41) is 3.22. The van der Waals surface area contributed by atoms with E-state index in [-0.39, 0.29) is 12.0 Å². The highest BCUT2D eigenvalue weighted by molar-refractivity contribution is 5.80. The number of nitrogens with one attached hydrogen (secondary N) is 1. The smallest absolute Gasteiger partial charge is 0.230 e. The molecule has 3 aliphatic rings. The number of likely N-dealkylation sites (N-methyl/N-ethyl adjacent to an activating group) is 1. The van der Waals surface area contributed by atoms with E-state index in [1.165, 1.54) is 25.8 Å². The predicted molar refractivity (Wildman–Crippen MR) is 77.5 cm³/mol. The van der Waals surface area contributed by atoms with E-state index in [9.17, 15) is 4.79 Å². The molecule has 3 fully saturated rings. The Morgan fingerprint density at radius 1 is 1.25 bits per heavy atom. The zero-order chi connectivity index (χ0) is 14.1. The Labute approximate surface area is 121 Å². The Balaban J connectivity index is 1.67. The summed E-state index contributed by atoms with van der Waals surface area (Å²) >= 11 is 0. The highest BCUT2D eigenvalue weighted by atomic mass is 16.5. The maximum absolute atomic E-state index is 12.8. The molecular weight excluding hydrogens is 254 g/mol. The first-order valence-corrected chi connectivity index (χ1v) is 8.00. The van der Waals surface area contributed by atoms with Crippen LogP contribution in [0.5, 0.6) is 0 Å². The van der Waals surface area contributed by atoms with Crippen LogP contribution in [0, 0.1) is 5.92 Å². The Kier molecular flexibility index (Phi) is 4.29. The number of hydrogen-bond acceptors (Lipinski definition) is 4. The summed E-state index contributed by atoms with van der Waals surface area (Å²) in [7, 11) is 1.92. The third kappa shape index (κ3) is 2.59. The van der Waals surface area contributed by atoms with E-state index in [0.29, 0.717) is 31.2 Å². The van der Waals surface area contributed by atoms with Crippen LogP contribution < -0.4 is 5.32 Å². The van der Waals surface area contributed by atoms with Gasteiger partial charge in [-0.25, -0.2) is 0 Å². The normalized spacial score (nSPS) is 38.8. The summed E-state index contributed by atoms with van der Waals surface area (Å²) in [5.74, 6) is 0.289. The van der Waals surface area contributed by atoms with Gasteiger partial charge in [0.2, 0.25) is 5.91 Å². The van der Waals surface area contributed by atoms with Gasteiger partial charge in [-0.1, -0.05) is 6.42 Å². The maximum Gasteiger partial charge on any atom is 0.230 e. The van der Waals surface area contributed by atoms with Gasteiger partial charge in [-0.2, -0.15) is 0 Å². The molecule has 4 atom stereocenters. The summed E-state index contributed by atoms with van der Waals surface area (Å²) in [6.07, 6.45) is 3.87. The Hall–Kier alpha value is -0.650. The van der Waals surface area contributed by atoms with E-state index in [2.05, 4.69) is 22.0 Å². The predicted octanol–water partition coefficient (Wildman–Crippen LogP) is 0.306. The molecular formula is C15H27N3O2. The molecule has 114 valence electrons. The molecule has 0 aromatic carbocycles. The van der Waals surface area contributed by atoms with Gasteiger partial charge < -0.3 is 15.0 Å². The van der Waals surface area contributed by atoms with Gasteiger partial charge in [0, 0.05) is 31.2 Å². The Morgan fingerprint density at radius 2 is 2.10 bits per heavy atom. The van der Waals surface area contributed by atoms with E-state index in [0.717, 1.165) is 13.1 Å². The van der Waals surface area contributed by atoms with Crippen molar-refractivity contribution in [2.24, 2.45) is 5.92 Å². The van der Waals surface area contributed by atoms with Crippen LogP contribution in [0.3, 0.4) is 0 Å². The van der Waals surface area contributed by atoms with E-state index >= 15 is 0 Å². The lowest BCUT2D eigenvalue weighted by Crippen LogP contribution is -2.61. The largest absolute Gasteiger partial charge is 0.379 e. The van der Waals surface area contributed by atoms with Crippen molar-refractivity contribution in [1.82, 2.24) is 15.1 Å². The number of rotatable bonds is 2. The number of amides is 1. The molecule has 0 radical (unpaired) electrons. The molecule has 5 heteroatoms. The van der Waals surface area contributed by atoms with Crippen molar-refractivity contribution in [2.45, 2.75) is 44.3 Å². The van der Waals surface area contributed by atoms with Gasteiger partial charge in [-0.3, -0.25) is 9.69 Å².